The summed E-state index contributed by atoms with van der Waals surface area (Å²) in [6.45, 7) is 0. The molecule has 0 saturated heterocycles. The summed E-state index contributed by atoms with van der Waals surface area (Å²) in [6, 6.07) is 9.82. The number of imidazole rings is 1. The number of nitrogens with zero attached hydrogens (tertiary/aromatic N) is 4. The van der Waals surface area contributed by atoms with Crippen LogP contribution in [-0.4, -0.2) is 45.3 Å². The Balaban J connectivity index is 1.50. The van der Waals surface area contributed by atoms with Crippen LogP contribution in [0.25, 0.3) is 11.2 Å². The first kappa shape index (κ1) is 20.1. The molecular formula is C23H27N5O2. The van der Waals surface area contributed by atoms with Gasteiger partial charge in [-0.2, -0.15) is 0 Å². The average Bonchev–Trinajstić information content (AvgIpc) is 3.41. The van der Waals surface area contributed by atoms with Crippen LogP contribution in [0.15, 0.2) is 42.9 Å². The number of hydrogen-bond acceptors (Lipinski definition) is 4. The van der Waals surface area contributed by atoms with Crippen molar-refractivity contribution in [1.29, 1.82) is 0 Å². The molecule has 0 radical (unpaired) electrons. The van der Waals surface area contributed by atoms with Crippen molar-refractivity contribution in [2.45, 2.75) is 44.6 Å². The molecule has 0 atom stereocenters. The highest BCUT2D eigenvalue weighted by atomic mass is 16.2. The van der Waals surface area contributed by atoms with E-state index in [4.69, 9.17) is 0 Å². The van der Waals surface area contributed by atoms with E-state index in [1.807, 2.05) is 30.6 Å². The molecule has 3 aromatic rings. The largest absolute Gasteiger partial charge is 0.349 e. The van der Waals surface area contributed by atoms with Gasteiger partial charge in [-0.25, -0.2) is 9.97 Å². The van der Waals surface area contributed by atoms with E-state index < -0.39 is 0 Å². The zero-order valence-electron chi connectivity index (χ0n) is 17.5. The van der Waals surface area contributed by atoms with Gasteiger partial charge in [-0.1, -0.05) is 31.0 Å². The number of aromatic nitrogens is 3. The van der Waals surface area contributed by atoms with Gasteiger partial charge >= 0.3 is 0 Å². The molecule has 1 aromatic carbocycles. The highest BCUT2D eigenvalue weighted by Gasteiger charge is 2.20. The molecule has 7 heteroatoms. The quantitative estimate of drug-likeness (QED) is 0.676. The third-order valence-corrected chi connectivity index (χ3v) is 5.77. The second kappa shape index (κ2) is 8.65. The van der Waals surface area contributed by atoms with Gasteiger partial charge in [0.2, 0.25) is 5.91 Å². The number of nitrogens with one attached hydrogen (secondary N) is 1. The van der Waals surface area contributed by atoms with E-state index in [-0.39, 0.29) is 11.8 Å². The molecule has 1 N–H and O–H groups in total. The standard InChI is InChI=1S/C23H27N5O2/c1-27(2)21(29)12-11-16-7-3-6-10-19(16)26-23(30)17-13-20-22(24-14-17)28(15-25-20)18-8-4-5-9-18/h3,6-7,10,13-15,18H,4-5,8-9,11-12H2,1-2H3,(H,26,30). The molecule has 2 heterocycles. The topological polar surface area (TPSA) is 80.1 Å². The fourth-order valence-electron chi connectivity index (χ4n) is 4.01. The minimum atomic E-state index is -0.230. The van der Waals surface area contributed by atoms with E-state index >= 15 is 0 Å². The molecule has 2 amide bonds. The van der Waals surface area contributed by atoms with E-state index in [9.17, 15) is 9.59 Å². The first-order valence-electron chi connectivity index (χ1n) is 10.4. The van der Waals surface area contributed by atoms with Crippen molar-refractivity contribution in [3.8, 4) is 0 Å². The van der Waals surface area contributed by atoms with E-state index in [0.717, 1.165) is 29.6 Å². The molecule has 0 spiro atoms. The lowest BCUT2D eigenvalue weighted by Crippen LogP contribution is -2.22. The number of carbonyl (C=O) groups is 2. The van der Waals surface area contributed by atoms with E-state index in [2.05, 4.69) is 19.9 Å². The maximum absolute atomic E-state index is 12.9. The number of aryl methyl sites for hydroxylation is 1. The lowest BCUT2D eigenvalue weighted by Gasteiger charge is -2.13. The molecular weight excluding hydrogens is 378 g/mol. The van der Waals surface area contributed by atoms with Gasteiger partial charge in [0.1, 0.15) is 5.52 Å². The average molecular weight is 406 g/mol. The van der Waals surface area contributed by atoms with Crippen LogP contribution in [0.5, 0.6) is 0 Å². The van der Waals surface area contributed by atoms with Crippen molar-refractivity contribution < 1.29 is 9.59 Å². The Hall–Kier alpha value is -3.22. The summed E-state index contributed by atoms with van der Waals surface area (Å²) in [5, 5.41) is 2.97. The van der Waals surface area contributed by atoms with Crippen molar-refractivity contribution in [3.63, 3.8) is 0 Å². The van der Waals surface area contributed by atoms with Gasteiger partial charge in [0.15, 0.2) is 5.65 Å². The summed E-state index contributed by atoms with van der Waals surface area (Å²) in [6.07, 6.45) is 9.21. The first-order valence-corrected chi connectivity index (χ1v) is 10.4. The van der Waals surface area contributed by atoms with Crippen LogP contribution < -0.4 is 5.32 Å². The van der Waals surface area contributed by atoms with Crippen molar-refractivity contribution >= 4 is 28.7 Å². The monoisotopic (exact) mass is 405 g/mol. The number of anilines is 1. The van der Waals surface area contributed by atoms with Gasteiger partial charge in [-0.15, -0.1) is 0 Å². The second-order valence-corrected chi connectivity index (χ2v) is 8.06. The van der Waals surface area contributed by atoms with Crippen molar-refractivity contribution in [2.75, 3.05) is 19.4 Å². The summed E-state index contributed by atoms with van der Waals surface area (Å²) in [4.78, 5) is 35.4. The first-order chi connectivity index (χ1) is 14.5. The van der Waals surface area contributed by atoms with Gasteiger partial charge < -0.3 is 14.8 Å². The number of benzene rings is 1. The van der Waals surface area contributed by atoms with Crippen molar-refractivity contribution in [1.82, 2.24) is 19.4 Å². The Bertz CT molecular complexity index is 1070. The maximum atomic E-state index is 12.9. The Kier molecular flexibility index (Phi) is 5.79. The minimum Gasteiger partial charge on any atom is -0.349 e. The number of para-hydroxylation sites is 1. The Labute approximate surface area is 176 Å². The zero-order valence-corrected chi connectivity index (χ0v) is 17.5. The summed E-state index contributed by atoms with van der Waals surface area (Å²) < 4.78 is 2.14. The van der Waals surface area contributed by atoms with Crippen LogP contribution in [0.1, 0.15) is 54.1 Å². The fourth-order valence-corrected chi connectivity index (χ4v) is 4.01. The predicted molar refractivity (Wildman–Crippen MR) is 116 cm³/mol. The molecule has 0 bridgehead atoms. The molecule has 30 heavy (non-hydrogen) atoms. The van der Waals surface area contributed by atoms with Crippen molar-refractivity contribution in [2.24, 2.45) is 0 Å². The highest BCUT2D eigenvalue weighted by Crippen LogP contribution is 2.31. The molecule has 0 aliphatic heterocycles. The summed E-state index contributed by atoms with van der Waals surface area (Å²) in [7, 11) is 3.49. The second-order valence-electron chi connectivity index (χ2n) is 8.06. The van der Waals surface area contributed by atoms with Crippen LogP contribution in [0.2, 0.25) is 0 Å². The van der Waals surface area contributed by atoms with Crippen LogP contribution in [0.3, 0.4) is 0 Å². The Morgan fingerprint density at radius 1 is 1.17 bits per heavy atom. The van der Waals surface area contributed by atoms with Gasteiger partial charge in [0.25, 0.3) is 5.91 Å². The highest BCUT2D eigenvalue weighted by molar-refractivity contribution is 6.05. The van der Waals surface area contributed by atoms with Crippen molar-refractivity contribution in [3.05, 3.63) is 54.0 Å². The zero-order chi connectivity index (χ0) is 21.1. The van der Waals surface area contributed by atoms with E-state index in [1.165, 1.54) is 12.8 Å². The van der Waals surface area contributed by atoms with E-state index in [1.54, 1.807) is 31.3 Å². The summed E-state index contributed by atoms with van der Waals surface area (Å²) in [5.41, 5.74) is 3.69. The molecule has 1 aliphatic carbocycles. The van der Waals surface area contributed by atoms with Gasteiger partial charge in [0.05, 0.1) is 11.9 Å². The lowest BCUT2D eigenvalue weighted by molar-refractivity contribution is -0.128. The van der Waals surface area contributed by atoms with Crippen LogP contribution in [-0.2, 0) is 11.2 Å². The molecule has 7 nitrogen and oxygen atoms in total. The number of carbonyl (C=O) groups excluding carboxylic acids is 2. The predicted octanol–water partition coefficient (Wildman–Crippen LogP) is 3.82. The number of amides is 2. The number of fused-ring (bicyclic) bond motifs is 1. The number of hydrogen-bond donors (Lipinski definition) is 1. The van der Waals surface area contributed by atoms with Gasteiger partial charge in [-0.3, -0.25) is 9.59 Å². The molecule has 1 aliphatic rings. The summed E-state index contributed by atoms with van der Waals surface area (Å²) in [5.74, 6) is -0.171. The number of pyridine rings is 1. The van der Waals surface area contributed by atoms with E-state index in [0.29, 0.717) is 30.1 Å². The molecule has 2 aromatic heterocycles. The fraction of sp³-hybridized carbons (Fsp3) is 0.391. The molecule has 0 unspecified atom stereocenters. The number of rotatable bonds is 6. The maximum Gasteiger partial charge on any atom is 0.257 e. The molecule has 1 saturated carbocycles. The minimum absolute atomic E-state index is 0.0589. The smallest absolute Gasteiger partial charge is 0.257 e. The molecule has 4 rings (SSSR count). The SMILES string of the molecule is CN(C)C(=O)CCc1ccccc1NC(=O)c1cnc2c(c1)ncn2C1CCCC1. The molecule has 1 fully saturated rings. The normalized spacial score (nSPS) is 14.2. The summed E-state index contributed by atoms with van der Waals surface area (Å²) >= 11 is 0. The van der Waals surface area contributed by atoms with Gasteiger partial charge in [-0.05, 0) is 37.0 Å². The van der Waals surface area contributed by atoms with Crippen LogP contribution in [0.4, 0.5) is 5.69 Å². The van der Waals surface area contributed by atoms with Crippen LogP contribution in [0, 0.1) is 0 Å². The van der Waals surface area contributed by atoms with Gasteiger partial charge in [0, 0.05) is 38.4 Å². The van der Waals surface area contributed by atoms with Crippen LogP contribution >= 0.6 is 0 Å². The third kappa shape index (κ3) is 4.20. The molecule has 156 valence electrons. The third-order valence-electron chi connectivity index (χ3n) is 5.77. The Morgan fingerprint density at radius 3 is 2.70 bits per heavy atom. The Morgan fingerprint density at radius 2 is 1.93 bits per heavy atom. The lowest BCUT2D eigenvalue weighted by atomic mass is 10.1.